The number of hydrogen-bond donors (Lipinski definition) is 2. The van der Waals surface area contributed by atoms with Gasteiger partial charge in [0.25, 0.3) is 0 Å². The molecule has 1 saturated carbocycles. The van der Waals surface area contributed by atoms with Crippen molar-refractivity contribution >= 4 is 11.6 Å². The SMILES string of the molecule is CCC1(CNC(=O)Cn2nc(C)c(N)c2C)CCC1. The first-order valence-electron chi connectivity index (χ1n) is 7.03. The second-order valence-electron chi connectivity index (χ2n) is 5.73. The van der Waals surface area contributed by atoms with Crippen LogP contribution < -0.4 is 11.1 Å². The summed E-state index contributed by atoms with van der Waals surface area (Å²) in [6.07, 6.45) is 4.89. The van der Waals surface area contributed by atoms with E-state index in [0.717, 1.165) is 24.4 Å². The number of nitrogen functional groups attached to an aromatic ring is 1. The number of nitrogens with two attached hydrogens (primary N) is 1. The van der Waals surface area contributed by atoms with Crippen LogP contribution in [0.1, 0.15) is 44.0 Å². The van der Waals surface area contributed by atoms with Crippen molar-refractivity contribution in [3.8, 4) is 0 Å². The maximum absolute atomic E-state index is 12.0. The highest BCUT2D eigenvalue weighted by Gasteiger charge is 2.35. The van der Waals surface area contributed by atoms with Gasteiger partial charge in [0.15, 0.2) is 0 Å². The van der Waals surface area contributed by atoms with Crippen LogP contribution in [-0.4, -0.2) is 22.2 Å². The Balaban J connectivity index is 1.89. The number of rotatable bonds is 5. The topological polar surface area (TPSA) is 72.9 Å². The number of aryl methyl sites for hydroxylation is 1. The van der Waals surface area contributed by atoms with Gasteiger partial charge in [-0.05, 0) is 38.5 Å². The fourth-order valence-electron chi connectivity index (χ4n) is 2.67. The normalized spacial score (nSPS) is 17.0. The van der Waals surface area contributed by atoms with Crippen LogP contribution in [0.25, 0.3) is 0 Å². The molecule has 19 heavy (non-hydrogen) atoms. The van der Waals surface area contributed by atoms with E-state index in [1.54, 1.807) is 4.68 Å². The molecule has 1 aliphatic carbocycles. The highest BCUT2D eigenvalue weighted by atomic mass is 16.2. The predicted octanol–water partition coefficient (Wildman–Crippen LogP) is 1.78. The van der Waals surface area contributed by atoms with Crippen LogP contribution in [0.15, 0.2) is 0 Å². The standard InChI is InChI=1S/C14H24N4O/c1-4-14(6-5-7-14)9-16-12(19)8-18-11(3)13(15)10(2)17-18/h4-9,15H2,1-3H3,(H,16,19). The minimum absolute atomic E-state index is 0.0188. The second-order valence-corrected chi connectivity index (χ2v) is 5.73. The molecule has 1 aliphatic rings. The molecule has 106 valence electrons. The van der Waals surface area contributed by atoms with Crippen LogP contribution >= 0.6 is 0 Å². The molecule has 1 fully saturated rings. The Hall–Kier alpha value is -1.52. The molecule has 1 heterocycles. The fraction of sp³-hybridized carbons (Fsp3) is 0.714. The van der Waals surface area contributed by atoms with E-state index in [4.69, 9.17) is 5.73 Å². The first-order valence-corrected chi connectivity index (χ1v) is 7.03. The van der Waals surface area contributed by atoms with E-state index in [9.17, 15) is 4.79 Å². The molecule has 1 aromatic rings. The van der Waals surface area contributed by atoms with E-state index in [0.29, 0.717) is 11.1 Å². The Bertz CT molecular complexity index is 469. The van der Waals surface area contributed by atoms with Crippen LogP contribution in [-0.2, 0) is 11.3 Å². The van der Waals surface area contributed by atoms with E-state index in [-0.39, 0.29) is 12.5 Å². The quantitative estimate of drug-likeness (QED) is 0.851. The van der Waals surface area contributed by atoms with Crippen molar-refractivity contribution < 1.29 is 4.79 Å². The summed E-state index contributed by atoms with van der Waals surface area (Å²) in [5.74, 6) is 0.0188. The summed E-state index contributed by atoms with van der Waals surface area (Å²) in [7, 11) is 0. The molecule has 1 amide bonds. The minimum Gasteiger partial charge on any atom is -0.396 e. The molecule has 2 rings (SSSR count). The van der Waals surface area contributed by atoms with Gasteiger partial charge in [0.05, 0.1) is 17.1 Å². The molecule has 0 aromatic carbocycles. The second kappa shape index (κ2) is 5.23. The zero-order valence-corrected chi connectivity index (χ0v) is 12.1. The van der Waals surface area contributed by atoms with Gasteiger partial charge in [-0.1, -0.05) is 13.3 Å². The molecule has 0 unspecified atom stereocenters. The molecule has 0 bridgehead atoms. The zero-order valence-electron chi connectivity index (χ0n) is 12.1. The average Bonchev–Trinajstić information content (AvgIpc) is 2.56. The molecular weight excluding hydrogens is 240 g/mol. The van der Waals surface area contributed by atoms with E-state index in [1.165, 1.54) is 19.3 Å². The number of amides is 1. The lowest BCUT2D eigenvalue weighted by Crippen LogP contribution is -2.42. The van der Waals surface area contributed by atoms with Gasteiger partial charge in [-0.2, -0.15) is 5.10 Å². The van der Waals surface area contributed by atoms with Crippen molar-refractivity contribution in [1.29, 1.82) is 0 Å². The molecular formula is C14H24N4O. The maximum atomic E-state index is 12.0. The number of nitrogens with one attached hydrogen (secondary N) is 1. The van der Waals surface area contributed by atoms with Crippen LogP contribution in [0.3, 0.4) is 0 Å². The van der Waals surface area contributed by atoms with Gasteiger partial charge in [-0.3, -0.25) is 9.48 Å². The largest absolute Gasteiger partial charge is 0.396 e. The van der Waals surface area contributed by atoms with Crippen LogP contribution in [0.5, 0.6) is 0 Å². The summed E-state index contributed by atoms with van der Waals surface area (Å²) in [6.45, 7) is 6.99. The highest BCUT2D eigenvalue weighted by molar-refractivity contribution is 5.76. The number of carbonyl (C=O) groups is 1. The van der Waals surface area contributed by atoms with Crippen molar-refractivity contribution in [2.24, 2.45) is 5.41 Å². The van der Waals surface area contributed by atoms with E-state index in [1.807, 2.05) is 13.8 Å². The Morgan fingerprint density at radius 2 is 2.16 bits per heavy atom. The van der Waals surface area contributed by atoms with Crippen LogP contribution in [0.2, 0.25) is 0 Å². The lowest BCUT2D eigenvalue weighted by Gasteiger charge is -2.41. The summed E-state index contributed by atoms with van der Waals surface area (Å²) in [4.78, 5) is 12.0. The molecule has 0 saturated heterocycles. The van der Waals surface area contributed by atoms with Gasteiger partial charge in [0.1, 0.15) is 6.54 Å². The summed E-state index contributed by atoms with van der Waals surface area (Å²) in [5, 5.41) is 7.32. The molecule has 0 radical (unpaired) electrons. The van der Waals surface area contributed by atoms with Crippen LogP contribution in [0.4, 0.5) is 5.69 Å². The maximum Gasteiger partial charge on any atom is 0.241 e. The summed E-state index contributed by atoms with van der Waals surface area (Å²) < 4.78 is 1.68. The van der Waals surface area contributed by atoms with Crippen LogP contribution in [0, 0.1) is 19.3 Å². The smallest absolute Gasteiger partial charge is 0.241 e. The Labute approximate surface area is 114 Å². The number of nitrogens with zero attached hydrogens (tertiary/aromatic N) is 2. The highest BCUT2D eigenvalue weighted by Crippen LogP contribution is 2.42. The van der Waals surface area contributed by atoms with Gasteiger partial charge in [0, 0.05) is 6.54 Å². The van der Waals surface area contributed by atoms with Crippen molar-refractivity contribution in [2.45, 2.75) is 53.0 Å². The van der Waals surface area contributed by atoms with E-state index < -0.39 is 0 Å². The van der Waals surface area contributed by atoms with Gasteiger partial charge >= 0.3 is 0 Å². The fourth-order valence-corrected chi connectivity index (χ4v) is 2.67. The lowest BCUT2D eigenvalue weighted by atomic mass is 9.67. The third-order valence-corrected chi connectivity index (χ3v) is 4.56. The van der Waals surface area contributed by atoms with Gasteiger partial charge in [0.2, 0.25) is 5.91 Å². The summed E-state index contributed by atoms with van der Waals surface area (Å²) in [5.41, 5.74) is 8.54. The zero-order chi connectivity index (χ0) is 14.0. The van der Waals surface area contributed by atoms with Crippen molar-refractivity contribution in [1.82, 2.24) is 15.1 Å². The minimum atomic E-state index is 0.0188. The Morgan fingerprint density at radius 3 is 2.58 bits per heavy atom. The molecule has 0 spiro atoms. The first kappa shape index (κ1) is 13.9. The Morgan fingerprint density at radius 1 is 1.47 bits per heavy atom. The van der Waals surface area contributed by atoms with Gasteiger partial charge < -0.3 is 11.1 Å². The third kappa shape index (κ3) is 2.74. The van der Waals surface area contributed by atoms with Crippen molar-refractivity contribution in [3.63, 3.8) is 0 Å². The van der Waals surface area contributed by atoms with E-state index >= 15 is 0 Å². The molecule has 0 aliphatic heterocycles. The van der Waals surface area contributed by atoms with E-state index in [2.05, 4.69) is 17.3 Å². The molecule has 3 N–H and O–H groups in total. The molecule has 5 nitrogen and oxygen atoms in total. The number of hydrogen-bond acceptors (Lipinski definition) is 3. The molecule has 1 aromatic heterocycles. The summed E-state index contributed by atoms with van der Waals surface area (Å²) >= 11 is 0. The average molecular weight is 264 g/mol. The number of aromatic nitrogens is 2. The monoisotopic (exact) mass is 264 g/mol. The number of anilines is 1. The predicted molar refractivity (Wildman–Crippen MR) is 75.7 cm³/mol. The lowest BCUT2D eigenvalue weighted by molar-refractivity contribution is -0.122. The van der Waals surface area contributed by atoms with Gasteiger partial charge in [-0.25, -0.2) is 0 Å². The molecule has 0 atom stereocenters. The van der Waals surface area contributed by atoms with Crippen molar-refractivity contribution in [2.75, 3.05) is 12.3 Å². The third-order valence-electron chi connectivity index (χ3n) is 4.56. The van der Waals surface area contributed by atoms with Crippen molar-refractivity contribution in [3.05, 3.63) is 11.4 Å². The summed E-state index contributed by atoms with van der Waals surface area (Å²) in [6, 6.07) is 0. The van der Waals surface area contributed by atoms with Gasteiger partial charge in [-0.15, -0.1) is 0 Å². The first-order chi connectivity index (χ1) is 8.97. The Kier molecular flexibility index (Phi) is 3.83. The number of carbonyl (C=O) groups excluding carboxylic acids is 1. The molecule has 5 heteroatoms.